The molecule has 2 aromatic carbocycles. The van der Waals surface area contributed by atoms with Gasteiger partial charge in [0, 0.05) is 24.7 Å². The summed E-state index contributed by atoms with van der Waals surface area (Å²) < 4.78 is 21.3. The Morgan fingerprint density at radius 3 is 2.16 bits per heavy atom. The number of nitrogens with one attached hydrogen (secondary N) is 1. The van der Waals surface area contributed by atoms with E-state index in [-0.39, 0.29) is 11.8 Å². The fourth-order valence-electron chi connectivity index (χ4n) is 2.87. The number of nitrogens with zero attached hydrogens (tertiary/aromatic N) is 1. The van der Waals surface area contributed by atoms with Gasteiger partial charge in [-0.05, 0) is 37.1 Å². The van der Waals surface area contributed by atoms with Gasteiger partial charge in [-0.25, -0.2) is 9.24 Å². The summed E-state index contributed by atoms with van der Waals surface area (Å²) in [5, 5.41) is 3.06. The van der Waals surface area contributed by atoms with Crippen LogP contribution < -0.4 is 15.3 Å². The van der Waals surface area contributed by atoms with Crippen LogP contribution in [0.15, 0.2) is 60.7 Å². The van der Waals surface area contributed by atoms with Crippen molar-refractivity contribution in [1.82, 2.24) is 4.67 Å². The number of rotatable bonds is 6. The van der Waals surface area contributed by atoms with Gasteiger partial charge in [0.25, 0.3) is 0 Å². The summed E-state index contributed by atoms with van der Waals surface area (Å²) in [7, 11) is -3.36. The summed E-state index contributed by atoms with van der Waals surface area (Å²) >= 11 is 0. The Hall–Kier alpha value is -2.30. The number of hydrogen-bond acceptors (Lipinski definition) is 3. The third kappa shape index (κ3) is 4.41. The molecule has 6 nitrogen and oxygen atoms in total. The summed E-state index contributed by atoms with van der Waals surface area (Å²) in [5.74, 6) is 0.0684. The largest absolute Gasteiger partial charge is 0.419 e. The fraction of sp³-hybridized carbons (Fsp3) is 0.278. The Bertz CT molecular complexity index is 701. The van der Waals surface area contributed by atoms with Gasteiger partial charge in [-0.3, -0.25) is 9.88 Å². The van der Waals surface area contributed by atoms with Gasteiger partial charge >= 0.3 is 7.67 Å². The molecule has 3 rings (SSSR count). The van der Waals surface area contributed by atoms with E-state index in [1.807, 2.05) is 48.5 Å². The first-order valence-corrected chi connectivity index (χ1v) is 9.87. The van der Waals surface area contributed by atoms with Crippen molar-refractivity contribution >= 4 is 19.3 Å². The van der Waals surface area contributed by atoms with Crippen LogP contribution in [0.1, 0.15) is 12.8 Å². The molecule has 1 heterocycles. The predicted molar refractivity (Wildman–Crippen MR) is 98.2 cm³/mol. The van der Waals surface area contributed by atoms with Crippen molar-refractivity contribution in [2.75, 3.05) is 18.2 Å². The van der Waals surface area contributed by atoms with Crippen molar-refractivity contribution in [1.29, 1.82) is 0 Å². The Morgan fingerprint density at radius 1 is 1.04 bits per heavy atom. The number of amides is 1. The number of para-hydroxylation sites is 2. The molecule has 1 fully saturated rings. The minimum Gasteiger partial charge on any atom is -0.418 e. The van der Waals surface area contributed by atoms with Crippen molar-refractivity contribution in [3.05, 3.63) is 60.7 Å². The highest BCUT2D eigenvalue weighted by Gasteiger charge is 2.37. The lowest BCUT2D eigenvalue weighted by atomic mass is 9.98. The normalized spacial score (nSPS) is 18.2. The maximum absolute atomic E-state index is 13.7. The van der Waals surface area contributed by atoms with Crippen LogP contribution in [0, 0.1) is 5.92 Å². The molecule has 0 aromatic heterocycles. The molecule has 132 valence electrons. The van der Waals surface area contributed by atoms with E-state index < -0.39 is 7.67 Å². The van der Waals surface area contributed by atoms with Gasteiger partial charge in [0.1, 0.15) is 5.75 Å². The zero-order valence-corrected chi connectivity index (χ0v) is 14.8. The van der Waals surface area contributed by atoms with E-state index in [2.05, 4.69) is 5.09 Å². The first-order chi connectivity index (χ1) is 12.1. The summed E-state index contributed by atoms with van der Waals surface area (Å²) in [5.41, 5.74) is 6.12. The summed E-state index contributed by atoms with van der Waals surface area (Å²) in [6.07, 6.45) is 1.15. The predicted octanol–water partition coefficient (Wildman–Crippen LogP) is 3.48. The minimum atomic E-state index is -3.36. The molecule has 0 spiro atoms. The van der Waals surface area contributed by atoms with Crippen LogP contribution in [0.5, 0.6) is 5.75 Å². The van der Waals surface area contributed by atoms with Crippen LogP contribution in [0.3, 0.4) is 0 Å². The average Bonchev–Trinajstić information content (AvgIpc) is 2.63. The van der Waals surface area contributed by atoms with E-state index >= 15 is 0 Å². The first-order valence-electron chi connectivity index (χ1n) is 8.29. The van der Waals surface area contributed by atoms with Crippen LogP contribution in [-0.4, -0.2) is 23.7 Å². The molecule has 1 amide bonds. The molecule has 2 aromatic rings. The highest BCUT2D eigenvalue weighted by molar-refractivity contribution is 7.58. The SMILES string of the molecule is NC(=O)C1CCN(P(=O)(Nc2ccccc2)Oc2ccccc2)CC1. The van der Waals surface area contributed by atoms with E-state index in [0.29, 0.717) is 31.7 Å². The van der Waals surface area contributed by atoms with Crippen LogP contribution in [-0.2, 0) is 9.36 Å². The Labute approximate surface area is 147 Å². The molecule has 1 aliphatic rings. The van der Waals surface area contributed by atoms with Crippen LogP contribution in [0.25, 0.3) is 0 Å². The molecule has 3 N–H and O–H groups in total. The zero-order chi connectivity index (χ0) is 17.7. The molecule has 1 saturated heterocycles. The molecule has 25 heavy (non-hydrogen) atoms. The number of carbonyl (C=O) groups is 1. The van der Waals surface area contributed by atoms with E-state index in [1.54, 1.807) is 16.8 Å². The highest BCUT2D eigenvalue weighted by Crippen LogP contribution is 2.51. The van der Waals surface area contributed by atoms with Crippen LogP contribution >= 0.6 is 7.67 Å². The Morgan fingerprint density at radius 2 is 1.60 bits per heavy atom. The lowest BCUT2D eigenvalue weighted by molar-refractivity contribution is -0.122. The fourth-order valence-corrected chi connectivity index (χ4v) is 4.81. The topological polar surface area (TPSA) is 84.7 Å². The van der Waals surface area contributed by atoms with Crippen molar-refractivity contribution in [2.24, 2.45) is 11.7 Å². The quantitative estimate of drug-likeness (QED) is 0.772. The third-order valence-electron chi connectivity index (χ3n) is 4.26. The average molecular weight is 359 g/mol. The van der Waals surface area contributed by atoms with E-state index in [0.717, 1.165) is 5.69 Å². The molecule has 0 bridgehead atoms. The summed E-state index contributed by atoms with van der Waals surface area (Å²) in [4.78, 5) is 11.4. The number of nitrogens with two attached hydrogens (primary N) is 1. The standard InChI is InChI=1S/C18H22N3O3P/c19-18(22)15-11-13-21(14-12-15)25(23,20-16-7-3-1-4-8-16)24-17-9-5-2-6-10-17/h1-10,15H,11-14H2,(H2,19,22)(H,20,23). The van der Waals surface area contributed by atoms with Crippen molar-refractivity contribution < 1.29 is 13.9 Å². The number of benzene rings is 2. The second kappa shape index (κ2) is 7.72. The smallest absolute Gasteiger partial charge is 0.418 e. The molecule has 0 radical (unpaired) electrons. The third-order valence-corrected chi connectivity index (χ3v) is 6.41. The molecule has 0 saturated carbocycles. The van der Waals surface area contributed by atoms with Gasteiger partial charge < -0.3 is 10.3 Å². The maximum atomic E-state index is 13.7. The van der Waals surface area contributed by atoms with Gasteiger partial charge in [-0.2, -0.15) is 0 Å². The van der Waals surface area contributed by atoms with Gasteiger partial charge in [0.15, 0.2) is 0 Å². The Balaban J connectivity index is 1.81. The molecule has 1 atom stereocenters. The molecule has 1 aliphatic heterocycles. The zero-order valence-electron chi connectivity index (χ0n) is 13.9. The van der Waals surface area contributed by atoms with Crippen molar-refractivity contribution in [2.45, 2.75) is 12.8 Å². The Kier molecular flexibility index (Phi) is 5.41. The van der Waals surface area contributed by atoms with E-state index in [4.69, 9.17) is 10.3 Å². The molecule has 7 heteroatoms. The van der Waals surface area contributed by atoms with Gasteiger partial charge in [-0.15, -0.1) is 0 Å². The molecule has 0 aliphatic carbocycles. The first kappa shape index (κ1) is 17.5. The highest BCUT2D eigenvalue weighted by atomic mass is 31.2. The lowest BCUT2D eigenvalue weighted by Crippen LogP contribution is -2.39. The van der Waals surface area contributed by atoms with Gasteiger partial charge in [-0.1, -0.05) is 36.4 Å². The number of anilines is 1. The number of primary amides is 1. The van der Waals surface area contributed by atoms with Crippen molar-refractivity contribution in [3.8, 4) is 5.75 Å². The number of hydrogen-bond donors (Lipinski definition) is 2. The van der Waals surface area contributed by atoms with E-state index in [9.17, 15) is 9.36 Å². The molecule has 1 unspecified atom stereocenters. The van der Waals surface area contributed by atoms with Gasteiger partial charge in [0.05, 0.1) is 0 Å². The summed E-state index contributed by atoms with van der Waals surface area (Å²) in [6, 6.07) is 18.4. The number of piperidine rings is 1. The lowest BCUT2D eigenvalue weighted by Gasteiger charge is -2.36. The minimum absolute atomic E-state index is 0.168. The van der Waals surface area contributed by atoms with E-state index in [1.165, 1.54) is 0 Å². The second-order valence-corrected chi connectivity index (χ2v) is 8.05. The monoisotopic (exact) mass is 359 g/mol. The van der Waals surface area contributed by atoms with Crippen molar-refractivity contribution in [3.63, 3.8) is 0 Å². The van der Waals surface area contributed by atoms with Crippen LogP contribution in [0.2, 0.25) is 0 Å². The second-order valence-electron chi connectivity index (χ2n) is 6.03. The maximum Gasteiger partial charge on any atom is 0.419 e. The number of carbonyl (C=O) groups excluding carboxylic acids is 1. The summed E-state index contributed by atoms with van der Waals surface area (Å²) in [6.45, 7) is 0.967. The molecular formula is C18H22N3O3P. The molecular weight excluding hydrogens is 337 g/mol. The van der Waals surface area contributed by atoms with Crippen LogP contribution in [0.4, 0.5) is 5.69 Å². The van der Waals surface area contributed by atoms with Gasteiger partial charge in [0.2, 0.25) is 5.91 Å².